The van der Waals surface area contributed by atoms with Crippen LogP contribution in [0.15, 0.2) is 36.7 Å². The van der Waals surface area contributed by atoms with E-state index >= 15 is 0 Å². The fraction of sp³-hybridized carbons (Fsp3) is 0.487. The summed E-state index contributed by atoms with van der Waals surface area (Å²) in [6, 6.07) is 4.53. The molecule has 3 aliphatic rings. The molecule has 1 N–H and O–H groups in total. The maximum absolute atomic E-state index is 14.6. The van der Waals surface area contributed by atoms with Crippen LogP contribution in [-0.2, 0) is 33.5 Å². The van der Waals surface area contributed by atoms with E-state index in [-0.39, 0.29) is 48.1 Å². The Labute approximate surface area is 310 Å². The minimum atomic E-state index is -4.72. The number of nitrogens with one attached hydrogen (secondary N) is 1. The molecule has 284 valence electrons. The van der Waals surface area contributed by atoms with Gasteiger partial charge in [-0.1, -0.05) is 25.8 Å². The van der Waals surface area contributed by atoms with Crippen LogP contribution in [0.4, 0.5) is 19.0 Å². The molecule has 3 aromatic heterocycles. The van der Waals surface area contributed by atoms with E-state index in [0.717, 1.165) is 42.0 Å². The van der Waals surface area contributed by atoms with Crippen molar-refractivity contribution < 1.29 is 32.3 Å². The lowest BCUT2D eigenvalue weighted by atomic mass is 9.95. The molecule has 1 saturated heterocycles. The van der Waals surface area contributed by atoms with Crippen molar-refractivity contribution in [3.8, 4) is 11.1 Å². The van der Waals surface area contributed by atoms with Crippen molar-refractivity contribution in [1.82, 2.24) is 34.5 Å². The second-order valence-corrected chi connectivity index (χ2v) is 15.3. The lowest BCUT2D eigenvalue weighted by molar-refractivity contribution is -0.141. The highest BCUT2D eigenvalue weighted by Crippen LogP contribution is 2.60. The molecule has 54 heavy (non-hydrogen) atoms. The van der Waals surface area contributed by atoms with Crippen molar-refractivity contribution in [2.45, 2.75) is 97.4 Å². The molecule has 1 aromatic carbocycles. The summed E-state index contributed by atoms with van der Waals surface area (Å²) in [5, 5.41) is 7.86. The van der Waals surface area contributed by atoms with E-state index in [9.17, 15) is 32.3 Å². The van der Waals surface area contributed by atoms with Gasteiger partial charge in [0.25, 0.3) is 0 Å². The van der Waals surface area contributed by atoms with Gasteiger partial charge >= 0.3 is 6.18 Å². The van der Waals surface area contributed by atoms with Gasteiger partial charge < -0.3 is 15.1 Å². The first-order valence-corrected chi connectivity index (χ1v) is 18.3. The number of carbonyl (C=O) groups excluding carboxylic acids is 4. The fourth-order valence-corrected chi connectivity index (χ4v) is 8.33. The smallest absolute Gasteiger partial charge is 0.345 e. The van der Waals surface area contributed by atoms with E-state index in [4.69, 9.17) is 0 Å². The van der Waals surface area contributed by atoms with Crippen LogP contribution in [0.2, 0.25) is 0 Å². The van der Waals surface area contributed by atoms with Gasteiger partial charge in [0.1, 0.15) is 35.6 Å². The number of piperidine rings is 1. The lowest BCUT2D eigenvalue weighted by Gasteiger charge is -2.27. The Morgan fingerprint density at radius 2 is 1.74 bits per heavy atom. The van der Waals surface area contributed by atoms with E-state index in [2.05, 4.69) is 25.4 Å². The second-order valence-electron chi connectivity index (χ2n) is 15.3. The third-order valence-corrected chi connectivity index (χ3v) is 11.2. The molecule has 7 rings (SSSR count). The Morgan fingerprint density at radius 3 is 2.44 bits per heavy atom. The van der Waals surface area contributed by atoms with Crippen LogP contribution in [0.3, 0.4) is 0 Å². The molecule has 2 fully saturated rings. The van der Waals surface area contributed by atoms with Crippen LogP contribution in [0, 0.1) is 25.2 Å². The van der Waals surface area contributed by atoms with Gasteiger partial charge in [-0.3, -0.25) is 23.9 Å². The first-order chi connectivity index (χ1) is 25.6. The predicted octanol–water partition coefficient (Wildman–Crippen LogP) is 5.94. The Hall–Kier alpha value is -5.21. The molecule has 4 atom stereocenters. The molecular formula is C39H43F3N8O4. The number of anilines is 1. The van der Waals surface area contributed by atoms with Gasteiger partial charge in [0.05, 0.1) is 5.52 Å². The molecule has 12 nitrogen and oxygen atoms in total. The molecule has 2 bridgehead atoms. The number of carbonyl (C=O) groups is 4. The van der Waals surface area contributed by atoms with E-state index in [1.54, 1.807) is 42.9 Å². The number of ketones is 1. The number of aromatic nitrogens is 5. The van der Waals surface area contributed by atoms with Crippen molar-refractivity contribution in [1.29, 1.82) is 0 Å². The van der Waals surface area contributed by atoms with Crippen LogP contribution in [0.25, 0.3) is 22.0 Å². The number of hydrogen-bond acceptors (Lipinski definition) is 8. The highest BCUT2D eigenvalue weighted by Gasteiger charge is 2.67. The number of halogens is 3. The van der Waals surface area contributed by atoms with Crippen molar-refractivity contribution in [3.63, 3.8) is 0 Å². The third-order valence-electron chi connectivity index (χ3n) is 11.2. The minimum Gasteiger partial charge on any atom is -0.345 e. The van der Waals surface area contributed by atoms with Crippen molar-refractivity contribution in [3.05, 3.63) is 65.0 Å². The molecule has 5 heterocycles. The largest absolute Gasteiger partial charge is 0.433 e. The number of aryl methyl sites for hydroxylation is 3. The fourth-order valence-electron chi connectivity index (χ4n) is 8.33. The monoisotopic (exact) mass is 744 g/mol. The average Bonchev–Trinajstić information content (AvgIpc) is 3.51. The predicted molar refractivity (Wildman–Crippen MR) is 193 cm³/mol. The van der Waals surface area contributed by atoms with Crippen LogP contribution in [-0.4, -0.2) is 83.7 Å². The van der Waals surface area contributed by atoms with Gasteiger partial charge in [0, 0.05) is 61.2 Å². The SMILES string of the molecule is CC(=O)c1nn2c3c(cc(-c4cnc(C)nc4)cc13)CCCCC[C@H](C)C(=O)N(C)C[C@@]13C[C@@H](C(=O)Nc4nc(C(F)(F)F)ccc4C)N(C(=O)C2)[C@@H]1C3. The molecule has 2 aliphatic heterocycles. The highest BCUT2D eigenvalue weighted by molar-refractivity contribution is 6.07. The molecule has 3 amide bonds. The number of Topliss-reactive ketones (excluding diaryl/α,β-unsaturated/α-hetero) is 1. The zero-order valence-electron chi connectivity index (χ0n) is 31.0. The summed E-state index contributed by atoms with van der Waals surface area (Å²) in [7, 11) is 1.74. The average molecular weight is 745 g/mol. The summed E-state index contributed by atoms with van der Waals surface area (Å²) in [5.41, 5.74) is 1.91. The Morgan fingerprint density at radius 1 is 1.00 bits per heavy atom. The van der Waals surface area contributed by atoms with E-state index < -0.39 is 35.1 Å². The van der Waals surface area contributed by atoms with Crippen LogP contribution in [0.5, 0.6) is 0 Å². The van der Waals surface area contributed by atoms with Crippen LogP contribution in [0.1, 0.15) is 85.5 Å². The Balaban J connectivity index is 1.30. The summed E-state index contributed by atoms with van der Waals surface area (Å²) in [6.07, 6.45) is 3.29. The standard InChI is InChI=1S/C39H43F3N8O4/c1-21-11-12-30(39(40,41)42)45-35(21)46-36(53)29-15-38-16-31(38)50(29)32(52)19-49-34-25(10-8-6-7-9-22(2)37(54)48(5)20-38)13-26(27-17-43-24(4)44-18-27)14-28(34)33(47-49)23(3)51/h11-14,17-18,22,29,31H,6-10,15-16,19-20H2,1-5H3,(H,45,46,53)/t22-,29-,31+,38-/m0/s1. The topological polar surface area (TPSA) is 143 Å². The Kier molecular flexibility index (Phi) is 9.55. The molecule has 1 aliphatic carbocycles. The number of alkyl halides is 3. The van der Waals surface area contributed by atoms with Crippen LogP contribution < -0.4 is 5.32 Å². The summed E-state index contributed by atoms with van der Waals surface area (Å²) in [4.78, 5) is 70.8. The number of hydrogen-bond donors (Lipinski definition) is 1. The molecule has 0 unspecified atom stereocenters. The van der Waals surface area contributed by atoms with Gasteiger partial charge in [-0.05, 0) is 80.8 Å². The van der Waals surface area contributed by atoms with Gasteiger partial charge in [0.2, 0.25) is 17.7 Å². The summed E-state index contributed by atoms with van der Waals surface area (Å²) in [5.74, 6) is -1.24. The van der Waals surface area contributed by atoms with Gasteiger partial charge in [-0.25, -0.2) is 15.0 Å². The normalized spacial score (nSPS) is 23.7. The van der Waals surface area contributed by atoms with Crippen molar-refractivity contribution >= 4 is 40.2 Å². The number of pyridine rings is 1. The summed E-state index contributed by atoms with van der Waals surface area (Å²) < 4.78 is 42.2. The molecule has 0 spiro atoms. The molecule has 4 aromatic rings. The summed E-state index contributed by atoms with van der Waals surface area (Å²) in [6.45, 7) is 6.72. The zero-order chi connectivity index (χ0) is 38.7. The van der Waals surface area contributed by atoms with Crippen molar-refractivity contribution in [2.24, 2.45) is 11.3 Å². The number of benzene rings is 1. The third kappa shape index (κ3) is 6.95. The summed E-state index contributed by atoms with van der Waals surface area (Å²) >= 11 is 0. The van der Waals surface area contributed by atoms with Gasteiger partial charge in [-0.15, -0.1) is 0 Å². The van der Waals surface area contributed by atoms with E-state index in [0.29, 0.717) is 48.1 Å². The quantitative estimate of drug-likeness (QED) is 0.253. The molecule has 0 radical (unpaired) electrons. The first kappa shape index (κ1) is 37.1. The maximum atomic E-state index is 14.6. The molecule has 15 heteroatoms. The Bertz CT molecular complexity index is 2170. The van der Waals surface area contributed by atoms with E-state index in [1.807, 2.05) is 19.1 Å². The van der Waals surface area contributed by atoms with Gasteiger partial charge in [-0.2, -0.15) is 18.3 Å². The zero-order valence-corrected chi connectivity index (χ0v) is 31.0. The number of nitrogens with zero attached hydrogens (tertiary/aromatic N) is 7. The number of rotatable bonds is 4. The van der Waals surface area contributed by atoms with Crippen LogP contribution >= 0.6 is 0 Å². The van der Waals surface area contributed by atoms with Gasteiger partial charge in [0.15, 0.2) is 5.78 Å². The van der Waals surface area contributed by atoms with E-state index in [1.165, 1.54) is 17.9 Å². The first-order valence-electron chi connectivity index (χ1n) is 18.3. The van der Waals surface area contributed by atoms with Crippen molar-refractivity contribution in [2.75, 3.05) is 18.9 Å². The maximum Gasteiger partial charge on any atom is 0.433 e. The molecule has 1 saturated carbocycles. The second kappa shape index (κ2) is 13.9. The lowest BCUT2D eigenvalue weighted by Crippen LogP contribution is -2.47. The minimum absolute atomic E-state index is 0.0134. The molecular weight excluding hydrogens is 701 g/mol. The highest BCUT2D eigenvalue weighted by atomic mass is 19.4. The number of amides is 3.